The van der Waals surface area contributed by atoms with Gasteiger partial charge in [-0.25, -0.2) is 5.10 Å². The highest BCUT2D eigenvalue weighted by Gasteiger charge is 2.37. The summed E-state index contributed by atoms with van der Waals surface area (Å²) in [4.78, 5) is 0. The Morgan fingerprint density at radius 1 is 1.03 bits per heavy atom. The molecule has 156 valence electrons. The van der Waals surface area contributed by atoms with E-state index >= 15 is 0 Å². The molecule has 2 aromatic carbocycles. The Bertz CT molecular complexity index is 1120. The topological polar surface area (TPSA) is 74.6 Å². The molecule has 0 fully saturated rings. The molecule has 30 heavy (non-hydrogen) atoms. The second kappa shape index (κ2) is 7.98. The SMILES string of the molecule is N#Cc1[nH]nnc1-c1cc(Br)cc(OCc2cc(C(F)(F)F)ccc2C(F)(F)F)c1. The van der Waals surface area contributed by atoms with Gasteiger partial charge >= 0.3 is 12.4 Å². The van der Waals surface area contributed by atoms with Gasteiger partial charge in [-0.3, -0.25) is 0 Å². The van der Waals surface area contributed by atoms with Crippen molar-refractivity contribution >= 4 is 15.9 Å². The molecule has 1 N–H and O–H groups in total. The summed E-state index contributed by atoms with van der Waals surface area (Å²) in [7, 11) is 0. The minimum absolute atomic E-state index is 0.0521. The summed E-state index contributed by atoms with van der Waals surface area (Å²) in [6.07, 6.45) is -9.66. The summed E-state index contributed by atoms with van der Waals surface area (Å²) in [5.74, 6) is 0.0526. The third-order valence-corrected chi connectivity index (χ3v) is 4.40. The molecule has 0 aliphatic carbocycles. The summed E-state index contributed by atoms with van der Waals surface area (Å²) in [5.41, 5.74) is -2.52. The van der Waals surface area contributed by atoms with Crippen LogP contribution in [-0.4, -0.2) is 15.4 Å². The standard InChI is InChI=1S/C18H9BrF6N4O/c19-12-4-9(16-15(7-26)27-29-28-16)5-13(6-12)30-8-10-3-11(17(20,21)22)1-2-14(10)18(23,24)25/h1-6H,8H2,(H,27,28,29). The number of H-pyrrole nitrogens is 1. The molecule has 0 unspecified atom stereocenters. The lowest BCUT2D eigenvalue weighted by molar-refractivity contribution is -0.142. The molecule has 0 aliphatic heterocycles. The molecule has 0 spiro atoms. The Balaban J connectivity index is 1.94. The molecule has 0 atom stereocenters. The number of aromatic amines is 1. The Morgan fingerprint density at radius 3 is 2.40 bits per heavy atom. The molecule has 0 saturated carbocycles. The zero-order chi connectivity index (χ0) is 22.1. The summed E-state index contributed by atoms with van der Waals surface area (Å²) >= 11 is 3.21. The number of halogens is 7. The summed E-state index contributed by atoms with van der Waals surface area (Å²) in [6, 6.07) is 7.37. The molecular formula is C18H9BrF6N4O. The Hall–Kier alpha value is -3.07. The highest BCUT2D eigenvalue weighted by Crippen LogP contribution is 2.37. The predicted molar refractivity (Wildman–Crippen MR) is 95.0 cm³/mol. The third kappa shape index (κ3) is 4.73. The van der Waals surface area contributed by atoms with Crippen LogP contribution in [0.5, 0.6) is 5.75 Å². The van der Waals surface area contributed by atoms with Crippen molar-refractivity contribution < 1.29 is 31.1 Å². The zero-order valence-electron chi connectivity index (χ0n) is 14.6. The van der Waals surface area contributed by atoms with Gasteiger partial charge in [-0.1, -0.05) is 21.1 Å². The maximum atomic E-state index is 13.2. The van der Waals surface area contributed by atoms with Crippen LogP contribution in [0.15, 0.2) is 40.9 Å². The number of aromatic nitrogens is 3. The number of benzene rings is 2. The first kappa shape index (κ1) is 21.6. The maximum Gasteiger partial charge on any atom is 0.416 e. The van der Waals surface area contributed by atoms with Gasteiger partial charge in [0.2, 0.25) is 0 Å². The second-order valence-electron chi connectivity index (χ2n) is 5.98. The lowest BCUT2D eigenvalue weighted by Gasteiger charge is -2.16. The quantitative estimate of drug-likeness (QED) is 0.474. The van der Waals surface area contributed by atoms with Crippen LogP contribution in [0.2, 0.25) is 0 Å². The number of rotatable bonds is 4. The van der Waals surface area contributed by atoms with E-state index in [2.05, 4.69) is 31.3 Å². The predicted octanol–water partition coefficient (Wildman–Crippen LogP) is 5.72. The van der Waals surface area contributed by atoms with Crippen molar-refractivity contribution in [1.82, 2.24) is 15.4 Å². The summed E-state index contributed by atoms with van der Waals surface area (Å²) in [5, 5.41) is 18.7. The number of ether oxygens (including phenoxy) is 1. The van der Waals surface area contributed by atoms with E-state index in [9.17, 15) is 26.3 Å². The maximum absolute atomic E-state index is 13.2. The van der Waals surface area contributed by atoms with E-state index in [0.29, 0.717) is 28.2 Å². The first-order chi connectivity index (χ1) is 14.0. The normalized spacial score (nSPS) is 11.9. The number of hydrogen-bond donors (Lipinski definition) is 1. The second-order valence-corrected chi connectivity index (χ2v) is 6.89. The highest BCUT2D eigenvalue weighted by atomic mass is 79.9. The average molecular weight is 491 g/mol. The fraction of sp³-hybridized carbons (Fsp3) is 0.167. The van der Waals surface area contributed by atoms with Crippen molar-refractivity contribution in [3.63, 3.8) is 0 Å². The van der Waals surface area contributed by atoms with Crippen LogP contribution in [0.1, 0.15) is 22.4 Å². The Kier molecular flexibility index (Phi) is 5.76. The van der Waals surface area contributed by atoms with E-state index in [1.807, 2.05) is 6.07 Å². The number of nitriles is 1. The molecule has 3 rings (SSSR count). The number of nitrogens with one attached hydrogen (secondary N) is 1. The van der Waals surface area contributed by atoms with E-state index in [4.69, 9.17) is 10.00 Å². The largest absolute Gasteiger partial charge is 0.489 e. The Labute approximate surface area is 173 Å². The minimum atomic E-state index is -4.85. The Morgan fingerprint density at radius 2 is 1.77 bits per heavy atom. The van der Waals surface area contributed by atoms with Gasteiger partial charge in [0.15, 0.2) is 5.69 Å². The first-order valence-corrected chi connectivity index (χ1v) is 8.80. The molecule has 0 amide bonds. The minimum Gasteiger partial charge on any atom is -0.489 e. The molecule has 5 nitrogen and oxygen atoms in total. The fourth-order valence-electron chi connectivity index (χ4n) is 2.62. The lowest BCUT2D eigenvalue weighted by Crippen LogP contribution is -2.14. The van der Waals surface area contributed by atoms with Crippen molar-refractivity contribution in [3.05, 3.63) is 63.3 Å². The number of hydrogen-bond acceptors (Lipinski definition) is 4. The fourth-order valence-corrected chi connectivity index (χ4v) is 3.09. The van der Waals surface area contributed by atoms with Gasteiger partial charge in [0.1, 0.15) is 24.1 Å². The molecule has 0 saturated heterocycles. The average Bonchev–Trinajstić information content (AvgIpc) is 3.13. The molecule has 1 aromatic heterocycles. The monoisotopic (exact) mass is 490 g/mol. The van der Waals surface area contributed by atoms with Crippen LogP contribution in [0, 0.1) is 11.3 Å². The molecule has 0 radical (unpaired) electrons. The lowest BCUT2D eigenvalue weighted by atomic mass is 10.0. The van der Waals surface area contributed by atoms with Crippen LogP contribution >= 0.6 is 15.9 Å². The molecule has 1 heterocycles. The van der Waals surface area contributed by atoms with Crippen LogP contribution in [0.25, 0.3) is 11.3 Å². The molecule has 3 aromatic rings. The molecule has 0 bridgehead atoms. The van der Waals surface area contributed by atoms with Crippen LogP contribution < -0.4 is 4.74 Å². The van der Waals surface area contributed by atoms with E-state index in [-0.39, 0.29) is 17.1 Å². The van der Waals surface area contributed by atoms with Crippen LogP contribution in [0.4, 0.5) is 26.3 Å². The van der Waals surface area contributed by atoms with Crippen molar-refractivity contribution in [2.45, 2.75) is 19.0 Å². The van der Waals surface area contributed by atoms with E-state index < -0.39 is 35.6 Å². The molecular weight excluding hydrogens is 482 g/mol. The van der Waals surface area contributed by atoms with Crippen molar-refractivity contribution in [2.24, 2.45) is 0 Å². The zero-order valence-corrected chi connectivity index (χ0v) is 16.2. The van der Waals surface area contributed by atoms with Gasteiger partial charge in [0.25, 0.3) is 0 Å². The van der Waals surface area contributed by atoms with Crippen LogP contribution in [0.3, 0.4) is 0 Å². The summed E-state index contributed by atoms with van der Waals surface area (Å²) < 4.78 is 84.2. The van der Waals surface area contributed by atoms with Gasteiger partial charge in [-0.05, 0) is 36.4 Å². The van der Waals surface area contributed by atoms with Gasteiger partial charge in [-0.2, -0.15) is 31.6 Å². The molecule has 12 heteroatoms. The van der Waals surface area contributed by atoms with Gasteiger partial charge < -0.3 is 4.74 Å². The van der Waals surface area contributed by atoms with Gasteiger partial charge in [0, 0.05) is 15.6 Å². The molecule has 0 aliphatic rings. The first-order valence-electron chi connectivity index (χ1n) is 8.01. The highest BCUT2D eigenvalue weighted by molar-refractivity contribution is 9.10. The van der Waals surface area contributed by atoms with Gasteiger partial charge in [0.05, 0.1) is 11.1 Å². The number of nitrogens with zero attached hydrogens (tertiary/aromatic N) is 3. The third-order valence-electron chi connectivity index (χ3n) is 3.94. The van der Waals surface area contributed by atoms with Gasteiger partial charge in [-0.15, -0.1) is 5.10 Å². The van der Waals surface area contributed by atoms with Crippen molar-refractivity contribution in [2.75, 3.05) is 0 Å². The summed E-state index contributed by atoms with van der Waals surface area (Å²) in [6.45, 7) is -0.765. The van der Waals surface area contributed by atoms with E-state index in [1.54, 1.807) is 6.07 Å². The van der Waals surface area contributed by atoms with Crippen molar-refractivity contribution in [3.8, 4) is 23.1 Å². The number of alkyl halides is 6. The van der Waals surface area contributed by atoms with Crippen LogP contribution in [-0.2, 0) is 19.0 Å². The van der Waals surface area contributed by atoms with Crippen molar-refractivity contribution in [1.29, 1.82) is 5.26 Å². The van der Waals surface area contributed by atoms with E-state index in [0.717, 1.165) is 0 Å². The van der Waals surface area contributed by atoms with E-state index in [1.165, 1.54) is 12.1 Å². The smallest absolute Gasteiger partial charge is 0.416 e.